The number of rotatable bonds is 2. The molecule has 2 heterocycles. The Morgan fingerprint density at radius 1 is 1.18 bits per heavy atom. The van der Waals surface area contributed by atoms with Crippen LogP contribution in [0.4, 0.5) is 5.69 Å². The third-order valence-electron chi connectivity index (χ3n) is 3.97. The normalized spacial score (nSPS) is 15.0. The van der Waals surface area contributed by atoms with E-state index < -0.39 is 0 Å². The van der Waals surface area contributed by atoms with Crippen molar-refractivity contribution in [1.29, 1.82) is 0 Å². The summed E-state index contributed by atoms with van der Waals surface area (Å²) in [6.07, 6.45) is 3.30. The molecule has 0 bridgehead atoms. The lowest BCUT2D eigenvalue weighted by Gasteiger charge is -2.36. The number of amides is 1. The first kappa shape index (κ1) is 14.9. The van der Waals surface area contributed by atoms with Crippen LogP contribution in [0.3, 0.4) is 0 Å². The van der Waals surface area contributed by atoms with Crippen molar-refractivity contribution < 1.29 is 4.79 Å². The van der Waals surface area contributed by atoms with Crippen LogP contribution in [0.15, 0.2) is 42.7 Å². The molecule has 3 rings (SSSR count). The van der Waals surface area contributed by atoms with E-state index in [1.165, 1.54) is 11.3 Å². The molecule has 114 valence electrons. The molecule has 5 heteroatoms. The van der Waals surface area contributed by atoms with Gasteiger partial charge < -0.3 is 9.80 Å². The van der Waals surface area contributed by atoms with Crippen LogP contribution < -0.4 is 4.90 Å². The molecule has 0 spiro atoms. The zero-order chi connectivity index (χ0) is 15.5. The monoisotopic (exact) mass is 315 g/mol. The minimum Gasteiger partial charge on any atom is -0.368 e. The van der Waals surface area contributed by atoms with E-state index in [2.05, 4.69) is 22.9 Å². The zero-order valence-corrected chi connectivity index (χ0v) is 13.3. The largest absolute Gasteiger partial charge is 0.368 e. The van der Waals surface area contributed by atoms with E-state index in [0.717, 1.165) is 31.2 Å². The van der Waals surface area contributed by atoms with Crippen LogP contribution in [0.25, 0.3) is 0 Å². The van der Waals surface area contributed by atoms with Crippen molar-refractivity contribution in [3.63, 3.8) is 0 Å². The van der Waals surface area contributed by atoms with Crippen LogP contribution in [0.2, 0.25) is 5.02 Å². The van der Waals surface area contributed by atoms with Gasteiger partial charge in [-0.2, -0.15) is 0 Å². The van der Waals surface area contributed by atoms with Gasteiger partial charge in [-0.1, -0.05) is 11.6 Å². The summed E-state index contributed by atoms with van der Waals surface area (Å²) in [4.78, 5) is 20.6. The number of anilines is 1. The van der Waals surface area contributed by atoms with Crippen molar-refractivity contribution in [3.05, 3.63) is 58.9 Å². The Kier molecular flexibility index (Phi) is 4.29. The maximum absolute atomic E-state index is 12.4. The topological polar surface area (TPSA) is 36.4 Å². The van der Waals surface area contributed by atoms with Crippen molar-refractivity contribution in [1.82, 2.24) is 9.88 Å². The average Bonchev–Trinajstić information content (AvgIpc) is 2.55. The molecule has 22 heavy (non-hydrogen) atoms. The Hall–Kier alpha value is -2.07. The predicted octanol–water partition coefficient (Wildman–Crippen LogP) is 3.01. The summed E-state index contributed by atoms with van der Waals surface area (Å²) in [7, 11) is 0. The number of piperazine rings is 1. The molecule has 0 aliphatic carbocycles. The van der Waals surface area contributed by atoms with Gasteiger partial charge in [0.2, 0.25) is 0 Å². The number of carbonyl (C=O) groups excluding carboxylic acids is 1. The number of nitrogens with zero attached hydrogens (tertiary/aromatic N) is 3. The highest BCUT2D eigenvalue weighted by molar-refractivity contribution is 6.30. The molecule has 0 unspecified atom stereocenters. The van der Waals surface area contributed by atoms with Gasteiger partial charge in [0.1, 0.15) is 0 Å². The van der Waals surface area contributed by atoms with Crippen LogP contribution in [0, 0.1) is 6.92 Å². The van der Waals surface area contributed by atoms with Gasteiger partial charge in [0, 0.05) is 49.3 Å². The molecule has 0 atom stereocenters. The smallest absolute Gasteiger partial charge is 0.255 e. The first-order valence-electron chi connectivity index (χ1n) is 7.35. The molecule has 1 aromatic heterocycles. The van der Waals surface area contributed by atoms with E-state index in [9.17, 15) is 4.79 Å². The predicted molar refractivity (Wildman–Crippen MR) is 88.5 cm³/mol. The minimum absolute atomic E-state index is 0.0561. The third kappa shape index (κ3) is 3.07. The Labute approximate surface area is 135 Å². The molecular weight excluding hydrogens is 298 g/mol. The third-order valence-corrected chi connectivity index (χ3v) is 4.21. The molecule has 1 aromatic carbocycles. The van der Waals surface area contributed by atoms with Gasteiger partial charge in [0.15, 0.2) is 0 Å². The van der Waals surface area contributed by atoms with E-state index >= 15 is 0 Å². The Morgan fingerprint density at radius 3 is 2.59 bits per heavy atom. The lowest BCUT2D eigenvalue weighted by atomic mass is 10.1. The number of pyridine rings is 1. The van der Waals surface area contributed by atoms with Crippen molar-refractivity contribution in [2.24, 2.45) is 0 Å². The molecule has 1 amide bonds. The van der Waals surface area contributed by atoms with E-state index in [4.69, 9.17) is 11.6 Å². The molecular formula is C17H18ClN3O. The highest BCUT2D eigenvalue weighted by Gasteiger charge is 2.23. The number of aryl methyl sites for hydroxylation is 1. The molecule has 1 fully saturated rings. The molecule has 1 saturated heterocycles. The van der Waals surface area contributed by atoms with Crippen molar-refractivity contribution in [2.45, 2.75) is 6.92 Å². The van der Waals surface area contributed by atoms with Crippen LogP contribution in [-0.2, 0) is 0 Å². The summed E-state index contributed by atoms with van der Waals surface area (Å²) < 4.78 is 0. The minimum atomic E-state index is 0.0561. The molecule has 0 saturated carbocycles. The van der Waals surface area contributed by atoms with E-state index in [1.807, 2.05) is 23.1 Å². The van der Waals surface area contributed by atoms with Crippen LogP contribution in [0.5, 0.6) is 0 Å². The van der Waals surface area contributed by atoms with Gasteiger partial charge in [-0.15, -0.1) is 0 Å². The second kappa shape index (κ2) is 6.36. The molecule has 2 aromatic rings. The van der Waals surface area contributed by atoms with Gasteiger partial charge >= 0.3 is 0 Å². The van der Waals surface area contributed by atoms with Gasteiger partial charge in [-0.05, 0) is 42.8 Å². The standard InChI is InChI=1S/C17H18ClN3O/c1-13-11-15(18)4-5-16(13)20-7-9-21(10-8-20)17(22)14-3-2-6-19-12-14/h2-6,11-12H,7-10H2,1H3. The number of aromatic nitrogens is 1. The number of halogens is 1. The zero-order valence-electron chi connectivity index (χ0n) is 12.5. The fourth-order valence-electron chi connectivity index (χ4n) is 2.80. The summed E-state index contributed by atoms with van der Waals surface area (Å²) in [6, 6.07) is 9.54. The lowest BCUT2D eigenvalue weighted by Crippen LogP contribution is -2.49. The first-order chi connectivity index (χ1) is 10.6. The lowest BCUT2D eigenvalue weighted by molar-refractivity contribution is 0.0746. The summed E-state index contributed by atoms with van der Waals surface area (Å²) in [5, 5.41) is 0.756. The Balaban J connectivity index is 1.66. The Bertz CT molecular complexity index is 667. The molecule has 1 aliphatic rings. The van der Waals surface area contributed by atoms with E-state index in [1.54, 1.807) is 18.5 Å². The highest BCUT2D eigenvalue weighted by Crippen LogP contribution is 2.24. The molecule has 0 N–H and O–H groups in total. The summed E-state index contributed by atoms with van der Waals surface area (Å²) in [6.45, 7) is 5.16. The van der Waals surface area contributed by atoms with Crippen LogP contribution >= 0.6 is 11.6 Å². The van der Waals surface area contributed by atoms with Gasteiger partial charge in [0.25, 0.3) is 5.91 Å². The van der Waals surface area contributed by atoms with Gasteiger partial charge in [0.05, 0.1) is 5.56 Å². The van der Waals surface area contributed by atoms with Crippen LogP contribution in [0.1, 0.15) is 15.9 Å². The summed E-state index contributed by atoms with van der Waals surface area (Å²) >= 11 is 6.01. The molecule has 1 aliphatic heterocycles. The first-order valence-corrected chi connectivity index (χ1v) is 7.73. The van der Waals surface area contributed by atoms with Crippen molar-refractivity contribution in [3.8, 4) is 0 Å². The van der Waals surface area contributed by atoms with Gasteiger partial charge in [-0.3, -0.25) is 9.78 Å². The quantitative estimate of drug-likeness (QED) is 0.855. The number of benzene rings is 1. The van der Waals surface area contributed by atoms with Gasteiger partial charge in [-0.25, -0.2) is 0 Å². The van der Waals surface area contributed by atoms with Crippen LogP contribution in [-0.4, -0.2) is 42.0 Å². The maximum atomic E-state index is 12.4. The highest BCUT2D eigenvalue weighted by atomic mass is 35.5. The summed E-state index contributed by atoms with van der Waals surface area (Å²) in [5.74, 6) is 0.0561. The Morgan fingerprint density at radius 2 is 1.95 bits per heavy atom. The van der Waals surface area contributed by atoms with Crippen molar-refractivity contribution in [2.75, 3.05) is 31.1 Å². The second-order valence-corrected chi connectivity index (χ2v) is 5.89. The van der Waals surface area contributed by atoms with E-state index in [0.29, 0.717) is 5.56 Å². The fourth-order valence-corrected chi connectivity index (χ4v) is 3.02. The molecule has 0 radical (unpaired) electrons. The second-order valence-electron chi connectivity index (χ2n) is 5.45. The number of hydrogen-bond acceptors (Lipinski definition) is 3. The number of carbonyl (C=O) groups is 1. The molecule has 4 nitrogen and oxygen atoms in total. The maximum Gasteiger partial charge on any atom is 0.255 e. The average molecular weight is 316 g/mol. The van der Waals surface area contributed by atoms with Crippen molar-refractivity contribution >= 4 is 23.2 Å². The SMILES string of the molecule is Cc1cc(Cl)ccc1N1CCN(C(=O)c2cccnc2)CC1. The fraction of sp³-hybridized carbons (Fsp3) is 0.294. The van der Waals surface area contributed by atoms with E-state index in [-0.39, 0.29) is 5.91 Å². The number of hydrogen-bond donors (Lipinski definition) is 0. The summed E-state index contributed by atoms with van der Waals surface area (Å²) in [5.41, 5.74) is 3.01.